The minimum atomic E-state index is -0.315. The number of benzene rings is 2. The van der Waals surface area contributed by atoms with Gasteiger partial charge in [-0.3, -0.25) is 4.79 Å². The number of carbonyl (C=O) groups excluding carboxylic acids is 1. The zero-order valence-corrected chi connectivity index (χ0v) is 15.7. The van der Waals surface area contributed by atoms with E-state index >= 15 is 0 Å². The van der Waals surface area contributed by atoms with Crippen molar-refractivity contribution in [3.05, 3.63) is 48.0 Å². The normalized spacial score (nSPS) is 10.4. The molecule has 0 amide bonds. The van der Waals surface area contributed by atoms with E-state index in [1.807, 2.05) is 19.1 Å². The highest BCUT2D eigenvalue weighted by atomic mass is 32.2. The van der Waals surface area contributed by atoms with Crippen molar-refractivity contribution in [1.29, 1.82) is 0 Å². The van der Waals surface area contributed by atoms with E-state index < -0.39 is 0 Å². The topological polar surface area (TPSA) is 44.8 Å². The predicted octanol–water partition coefficient (Wildman–Crippen LogP) is 4.74. The molecule has 0 aromatic heterocycles. The van der Waals surface area contributed by atoms with Crippen molar-refractivity contribution >= 4 is 17.7 Å². The molecule has 2 aromatic carbocycles. The zero-order valence-electron chi connectivity index (χ0n) is 14.9. The number of thioether (sulfide) groups is 1. The van der Waals surface area contributed by atoms with Crippen LogP contribution in [0.2, 0.25) is 0 Å². The standard InChI is InChI=1S/C20H24O4S/c1-4-19(21)24-20-17(22-5-2)10-7-11-18(20)23-13-12-15-8-6-9-16(14-15)25-3/h6-11,14H,4-5,12-13H2,1-3H3. The van der Waals surface area contributed by atoms with Crippen molar-refractivity contribution in [3.63, 3.8) is 0 Å². The van der Waals surface area contributed by atoms with Crippen LogP contribution < -0.4 is 14.2 Å². The molecule has 0 radical (unpaired) electrons. The summed E-state index contributed by atoms with van der Waals surface area (Å²) in [4.78, 5) is 13.0. The van der Waals surface area contributed by atoms with Gasteiger partial charge in [-0.2, -0.15) is 0 Å². The summed E-state index contributed by atoms with van der Waals surface area (Å²) in [5, 5.41) is 0. The largest absolute Gasteiger partial charge is 0.490 e. The molecule has 0 N–H and O–H groups in total. The van der Waals surface area contributed by atoms with Crippen LogP contribution in [0.5, 0.6) is 17.2 Å². The smallest absolute Gasteiger partial charge is 0.311 e. The Kier molecular flexibility index (Phi) is 7.67. The van der Waals surface area contributed by atoms with Crippen LogP contribution in [-0.4, -0.2) is 25.4 Å². The second kappa shape index (κ2) is 9.99. The number of ether oxygens (including phenoxy) is 3. The highest BCUT2D eigenvalue weighted by Gasteiger charge is 2.15. The number of rotatable bonds is 9. The summed E-state index contributed by atoms with van der Waals surface area (Å²) < 4.78 is 16.9. The van der Waals surface area contributed by atoms with Crippen molar-refractivity contribution < 1.29 is 19.0 Å². The second-order valence-electron chi connectivity index (χ2n) is 5.29. The SMILES string of the molecule is CCOc1cccc(OCCc2cccc(SC)c2)c1OC(=O)CC. The van der Waals surface area contributed by atoms with Crippen LogP contribution in [0, 0.1) is 0 Å². The van der Waals surface area contributed by atoms with Gasteiger partial charge in [-0.1, -0.05) is 25.1 Å². The fourth-order valence-electron chi connectivity index (χ4n) is 2.27. The maximum Gasteiger partial charge on any atom is 0.311 e. The second-order valence-corrected chi connectivity index (χ2v) is 6.17. The molecule has 5 heteroatoms. The van der Waals surface area contributed by atoms with E-state index in [-0.39, 0.29) is 5.97 Å². The molecule has 25 heavy (non-hydrogen) atoms. The quantitative estimate of drug-likeness (QED) is 0.367. The van der Waals surface area contributed by atoms with Gasteiger partial charge in [0.2, 0.25) is 5.75 Å². The van der Waals surface area contributed by atoms with Crippen molar-refractivity contribution in [2.75, 3.05) is 19.5 Å². The molecule has 134 valence electrons. The first-order valence-corrected chi connectivity index (χ1v) is 9.62. The molecular formula is C20H24O4S. The summed E-state index contributed by atoms with van der Waals surface area (Å²) >= 11 is 1.72. The molecule has 0 atom stereocenters. The maximum atomic E-state index is 11.7. The van der Waals surface area contributed by atoms with Crippen LogP contribution in [0.1, 0.15) is 25.8 Å². The number of hydrogen-bond acceptors (Lipinski definition) is 5. The highest BCUT2D eigenvalue weighted by molar-refractivity contribution is 7.98. The lowest BCUT2D eigenvalue weighted by molar-refractivity contribution is -0.134. The van der Waals surface area contributed by atoms with Crippen LogP contribution in [0.3, 0.4) is 0 Å². The van der Waals surface area contributed by atoms with E-state index in [9.17, 15) is 4.79 Å². The van der Waals surface area contributed by atoms with Crippen LogP contribution in [0.4, 0.5) is 0 Å². The molecule has 0 aliphatic carbocycles. The lowest BCUT2D eigenvalue weighted by atomic mass is 10.2. The van der Waals surface area contributed by atoms with Gasteiger partial charge in [-0.05, 0) is 43.0 Å². The van der Waals surface area contributed by atoms with E-state index in [0.29, 0.717) is 36.9 Å². The number of esters is 1. The van der Waals surface area contributed by atoms with Crippen LogP contribution in [0.15, 0.2) is 47.4 Å². The molecule has 2 rings (SSSR count). The molecule has 0 saturated carbocycles. The monoisotopic (exact) mass is 360 g/mol. The summed E-state index contributed by atoms with van der Waals surface area (Å²) in [7, 11) is 0. The molecule has 0 heterocycles. The molecule has 0 bridgehead atoms. The molecule has 0 fully saturated rings. The van der Waals surface area contributed by atoms with E-state index in [0.717, 1.165) is 6.42 Å². The lowest BCUT2D eigenvalue weighted by Gasteiger charge is -2.15. The average Bonchev–Trinajstić information content (AvgIpc) is 2.64. The number of hydrogen-bond donors (Lipinski definition) is 0. The predicted molar refractivity (Wildman–Crippen MR) is 101 cm³/mol. The van der Waals surface area contributed by atoms with Crippen LogP contribution in [-0.2, 0) is 11.2 Å². The Labute approximate surface area is 153 Å². The summed E-state index contributed by atoms with van der Waals surface area (Å²) in [6.45, 7) is 4.62. The third kappa shape index (κ3) is 5.71. The Hall–Kier alpha value is -2.14. The van der Waals surface area contributed by atoms with E-state index in [1.165, 1.54) is 10.5 Å². The van der Waals surface area contributed by atoms with Crippen LogP contribution >= 0.6 is 11.8 Å². The molecule has 0 aliphatic heterocycles. The molecule has 0 saturated heterocycles. The Bertz CT molecular complexity index is 700. The molecule has 4 nitrogen and oxygen atoms in total. The van der Waals surface area contributed by atoms with E-state index in [4.69, 9.17) is 14.2 Å². The van der Waals surface area contributed by atoms with Gasteiger partial charge in [-0.25, -0.2) is 0 Å². The Morgan fingerprint density at radius 2 is 1.76 bits per heavy atom. The maximum absolute atomic E-state index is 11.7. The van der Waals surface area contributed by atoms with Gasteiger partial charge in [0.25, 0.3) is 0 Å². The molecule has 0 spiro atoms. The van der Waals surface area contributed by atoms with Crippen molar-refractivity contribution in [2.24, 2.45) is 0 Å². The fraction of sp³-hybridized carbons (Fsp3) is 0.350. The van der Waals surface area contributed by atoms with Gasteiger partial charge >= 0.3 is 5.97 Å². The molecular weight excluding hydrogens is 336 g/mol. The first-order valence-electron chi connectivity index (χ1n) is 8.40. The summed E-state index contributed by atoms with van der Waals surface area (Å²) in [6.07, 6.45) is 3.12. The number of para-hydroxylation sites is 1. The van der Waals surface area contributed by atoms with Crippen LogP contribution in [0.25, 0.3) is 0 Å². The summed E-state index contributed by atoms with van der Waals surface area (Å²) in [5.41, 5.74) is 1.21. The van der Waals surface area contributed by atoms with Gasteiger partial charge in [0.1, 0.15) is 0 Å². The third-order valence-corrected chi connectivity index (χ3v) is 4.25. The Balaban J connectivity index is 2.09. The highest BCUT2D eigenvalue weighted by Crippen LogP contribution is 2.37. The first-order chi connectivity index (χ1) is 12.2. The fourth-order valence-corrected chi connectivity index (χ4v) is 2.76. The van der Waals surface area contributed by atoms with E-state index in [2.05, 4.69) is 24.5 Å². The minimum Gasteiger partial charge on any atom is -0.490 e. The molecule has 0 unspecified atom stereocenters. The minimum absolute atomic E-state index is 0.293. The summed E-state index contributed by atoms with van der Waals surface area (Å²) in [6, 6.07) is 13.8. The van der Waals surface area contributed by atoms with Gasteiger partial charge < -0.3 is 14.2 Å². The van der Waals surface area contributed by atoms with E-state index in [1.54, 1.807) is 30.8 Å². The van der Waals surface area contributed by atoms with Gasteiger partial charge in [0.15, 0.2) is 11.5 Å². The van der Waals surface area contributed by atoms with Crippen molar-refractivity contribution in [2.45, 2.75) is 31.6 Å². The van der Waals surface area contributed by atoms with Gasteiger partial charge in [0, 0.05) is 17.7 Å². The first kappa shape index (κ1) is 19.2. The van der Waals surface area contributed by atoms with Gasteiger partial charge in [-0.15, -0.1) is 11.8 Å². The average molecular weight is 360 g/mol. The Morgan fingerprint density at radius 1 is 1.04 bits per heavy atom. The molecule has 2 aromatic rings. The zero-order chi connectivity index (χ0) is 18.1. The lowest BCUT2D eigenvalue weighted by Crippen LogP contribution is -2.10. The van der Waals surface area contributed by atoms with Crippen molar-refractivity contribution in [1.82, 2.24) is 0 Å². The number of carbonyl (C=O) groups is 1. The van der Waals surface area contributed by atoms with Crippen molar-refractivity contribution in [3.8, 4) is 17.2 Å². The summed E-state index contributed by atoms with van der Waals surface area (Å²) in [5.74, 6) is 1.08. The molecule has 0 aliphatic rings. The third-order valence-electron chi connectivity index (χ3n) is 3.53. The Morgan fingerprint density at radius 3 is 2.44 bits per heavy atom. The van der Waals surface area contributed by atoms with Gasteiger partial charge in [0.05, 0.1) is 13.2 Å².